The van der Waals surface area contributed by atoms with Crippen LogP contribution in [-0.4, -0.2) is 34.8 Å². The van der Waals surface area contributed by atoms with Crippen LogP contribution in [0.25, 0.3) is 0 Å². The molecule has 0 rings (SSSR count). The smallest absolute Gasteiger partial charge is 0.330 e. The summed E-state index contributed by atoms with van der Waals surface area (Å²) in [5.74, 6) is -0.443. The minimum absolute atomic E-state index is 0.109. The molecule has 0 spiro atoms. The van der Waals surface area contributed by atoms with Crippen molar-refractivity contribution in [1.29, 1.82) is 0 Å². The quantitative estimate of drug-likeness (QED) is 0.397. The zero-order chi connectivity index (χ0) is 11.2. The highest BCUT2D eigenvalue weighted by atomic mass is 31.2. The van der Waals surface area contributed by atoms with Crippen molar-refractivity contribution < 1.29 is 23.7 Å². The number of Topliss-reactive ketones (excluding diaryl/α,β-unsaturated/α-hetero) is 1. The van der Waals surface area contributed by atoms with Crippen molar-refractivity contribution in [2.45, 2.75) is 18.9 Å². The summed E-state index contributed by atoms with van der Waals surface area (Å²) < 4.78 is 14.6. The molecule has 0 amide bonds. The van der Waals surface area contributed by atoms with E-state index in [2.05, 4.69) is 4.52 Å². The van der Waals surface area contributed by atoms with Gasteiger partial charge in [0.05, 0.1) is 0 Å². The van der Waals surface area contributed by atoms with Crippen LogP contribution >= 0.6 is 7.82 Å². The molecule has 8 heteroatoms. The normalized spacial score (nSPS) is 14.0. The Morgan fingerprint density at radius 3 is 2.36 bits per heavy atom. The number of ketones is 1. The van der Waals surface area contributed by atoms with Crippen molar-refractivity contribution in [3.05, 3.63) is 0 Å². The van der Waals surface area contributed by atoms with E-state index in [0.29, 0.717) is 13.0 Å². The Bertz CT molecular complexity index is 228. The highest BCUT2D eigenvalue weighted by Crippen LogP contribution is 2.37. The predicted molar refractivity (Wildman–Crippen MR) is 49.3 cm³/mol. The third-order valence-corrected chi connectivity index (χ3v) is 1.99. The third-order valence-electron chi connectivity index (χ3n) is 1.47. The second-order valence-corrected chi connectivity index (χ2v) is 3.87. The van der Waals surface area contributed by atoms with Gasteiger partial charge in [0.2, 0.25) is 0 Å². The van der Waals surface area contributed by atoms with Gasteiger partial charge in [0.25, 0.3) is 0 Å². The summed E-state index contributed by atoms with van der Waals surface area (Å²) >= 11 is 0. The number of carbonyl (C=O) groups is 1. The number of nitrogens with two attached hydrogens (primary N) is 2. The van der Waals surface area contributed by atoms with Crippen LogP contribution in [0.3, 0.4) is 0 Å². The van der Waals surface area contributed by atoms with E-state index in [-0.39, 0.29) is 13.0 Å². The molecule has 0 fully saturated rings. The van der Waals surface area contributed by atoms with Crippen LogP contribution < -0.4 is 11.5 Å². The lowest BCUT2D eigenvalue weighted by Crippen LogP contribution is -2.31. The molecule has 14 heavy (non-hydrogen) atoms. The second kappa shape index (κ2) is 6.23. The highest BCUT2D eigenvalue weighted by Gasteiger charge is 2.26. The van der Waals surface area contributed by atoms with Crippen molar-refractivity contribution in [1.82, 2.24) is 0 Å². The molecule has 0 radical (unpaired) electrons. The van der Waals surface area contributed by atoms with Gasteiger partial charge in [0, 0.05) is 13.0 Å². The fourth-order valence-electron chi connectivity index (χ4n) is 0.836. The Morgan fingerprint density at radius 1 is 1.43 bits per heavy atom. The number of carbonyl (C=O) groups excluding carboxylic acids is 1. The molecular weight excluding hydrogens is 211 g/mol. The average Bonchev–Trinajstić information content (AvgIpc) is 2.08. The van der Waals surface area contributed by atoms with Gasteiger partial charge in [-0.1, -0.05) is 0 Å². The molecule has 0 aromatic heterocycles. The molecule has 0 saturated heterocycles. The lowest BCUT2D eigenvalue weighted by atomic mass is 10.1. The van der Waals surface area contributed by atoms with Gasteiger partial charge in [0.1, 0.15) is 6.10 Å². The van der Waals surface area contributed by atoms with E-state index < -0.39 is 19.7 Å². The molecule has 0 aliphatic carbocycles. The van der Waals surface area contributed by atoms with Crippen LogP contribution in [0.1, 0.15) is 12.8 Å². The van der Waals surface area contributed by atoms with Crippen LogP contribution in [0, 0.1) is 0 Å². The number of hydrogen-bond acceptors (Lipinski definition) is 5. The fourth-order valence-corrected chi connectivity index (χ4v) is 1.37. The zero-order valence-corrected chi connectivity index (χ0v) is 8.52. The summed E-state index contributed by atoms with van der Waals surface area (Å²) in [6.45, 7) is 0.0768. The van der Waals surface area contributed by atoms with Crippen LogP contribution in [0.2, 0.25) is 0 Å². The molecule has 0 saturated carbocycles. The standard InChI is InChI=1S/C6H15N2O5P/c7-3-1-2-5(9)6(4-8)13-14(10,11)12/h6H,1-4,7-8H2,(H2,10,11,12). The van der Waals surface area contributed by atoms with E-state index in [9.17, 15) is 9.36 Å². The van der Waals surface area contributed by atoms with Gasteiger partial charge in [-0.05, 0) is 13.0 Å². The molecule has 0 heterocycles. The van der Waals surface area contributed by atoms with Crippen LogP contribution in [-0.2, 0) is 13.9 Å². The molecule has 7 nitrogen and oxygen atoms in total. The molecule has 0 aromatic rings. The summed E-state index contributed by atoms with van der Waals surface area (Å²) in [4.78, 5) is 28.1. The summed E-state index contributed by atoms with van der Waals surface area (Å²) in [7, 11) is -4.66. The Kier molecular flexibility index (Phi) is 6.10. The summed E-state index contributed by atoms with van der Waals surface area (Å²) in [6.07, 6.45) is -0.694. The zero-order valence-electron chi connectivity index (χ0n) is 7.63. The van der Waals surface area contributed by atoms with Gasteiger partial charge in [0.15, 0.2) is 5.78 Å². The van der Waals surface area contributed by atoms with Gasteiger partial charge in [-0.3, -0.25) is 9.32 Å². The number of rotatable bonds is 7. The molecule has 0 aliphatic heterocycles. The van der Waals surface area contributed by atoms with Crippen LogP contribution in [0.15, 0.2) is 0 Å². The molecule has 0 aromatic carbocycles. The molecule has 84 valence electrons. The Hall–Kier alpha value is -0.300. The first-order valence-electron chi connectivity index (χ1n) is 4.07. The minimum Gasteiger partial charge on any atom is -0.330 e. The monoisotopic (exact) mass is 226 g/mol. The molecule has 0 bridgehead atoms. The van der Waals surface area contributed by atoms with E-state index in [1.165, 1.54) is 0 Å². The fraction of sp³-hybridized carbons (Fsp3) is 0.833. The maximum absolute atomic E-state index is 11.2. The van der Waals surface area contributed by atoms with Crippen molar-refractivity contribution in [3.8, 4) is 0 Å². The lowest BCUT2D eigenvalue weighted by molar-refractivity contribution is -0.126. The maximum atomic E-state index is 11.2. The van der Waals surface area contributed by atoms with E-state index in [1.807, 2.05) is 0 Å². The van der Waals surface area contributed by atoms with Crippen LogP contribution in [0.4, 0.5) is 0 Å². The predicted octanol–water partition coefficient (Wildman–Crippen LogP) is -1.27. The van der Waals surface area contributed by atoms with Gasteiger partial charge in [-0.15, -0.1) is 0 Å². The maximum Gasteiger partial charge on any atom is 0.470 e. The van der Waals surface area contributed by atoms with Crippen molar-refractivity contribution in [2.24, 2.45) is 11.5 Å². The van der Waals surface area contributed by atoms with Gasteiger partial charge >= 0.3 is 7.82 Å². The Morgan fingerprint density at radius 2 is 2.00 bits per heavy atom. The summed E-state index contributed by atoms with van der Waals surface area (Å²) in [5.41, 5.74) is 10.3. The van der Waals surface area contributed by atoms with E-state index in [1.54, 1.807) is 0 Å². The number of hydrogen-bond donors (Lipinski definition) is 4. The van der Waals surface area contributed by atoms with Crippen molar-refractivity contribution in [3.63, 3.8) is 0 Å². The topological polar surface area (TPSA) is 136 Å². The summed E-state index contributed by atoms with van der Waals surface area (Å²) in [5, 5.41) is 0. The first-order chi connectivity index (χ1) is 6.40. The van der Waals surface area contributed by atoms with E-state index in [0.717, 1.165) is 0 Å². The molecule has 6 N–H and O–H groups in total. The summed E-state index contributed by atoms with van der Waals surface area (Å²) in [6, 6.07) is 0. The Labute approximate surface area is 81.7 Å². The highest BCUT2D eigenvalue weighted by molar-refractivity contribution is 7.46. The average molecular weight is 226 g/mol. The SMILES string of the molecule is NCCCC(=O)C(CN)OP(=O)(O)O. The minimum atomic E-state index is -4.66. The third kappa shape index (κ3) is 6.20. The van der Waals surface area contributed by atoms with Crippen molar-refractivity contribution in [2.75, 3.05) is 13.1 Å². The molecule has 0 aliphatic rings. The van der Waals surface area contributed by atoms with Gasteiger partial charge < -0.3 is 21.3 Å². The molecule has 1 unspecified atom stereocenters. The van der Waals surface area contributed by atoms with Gasteiger partial charge in [-0.2, -0.15) is 0 Å². The first kappa shape index (κ1) is 13.7. The molecule has 1 atom stereocenters. The molecular formula is C6H15N2O5P. The van der Waals surface area contributed by atoms with E-state index >= 15 is 0 Å². The second-order valence-electron chi connectivity index (χ2n) is 2.68. The largest absolute Gasteiger partial charge is 0.470 e. The Balaban J connectivity index is 4.13. The first-order valence-corrected chi connectivity index (χ1v) is 5.60. The number of phosphoric acid groups is 1. The van der Waals surface area contributed by atoms with E-state index in [4.69, 9.17) is 21.3 Å². The van der Waals surface area contributed by atoms with Crippen LogP contribution in [0.5, 0.6) is 0 Å². The van der Waals surface area contributed by atoms with Crippen molar-refractivity contribution >= 4 is 13.6 Å². The lowest BCUT2D eigenvalue weighted by Gasteiger charge is -2.14. The van der Waals surface area contributed by atoms with Gasteiger partial charge in [-0.25, -0.2) is 4.57 Å². The number of phosphoric ester groups is 1.